The number of methoxy groups -OCH3 is 2. The molecule has 1 aromatic carbocycles. The molecule has 0 atom stereocenters. The molecule has 0 aliphatic carbocycles. The number of guanidine groups is 1. The Morgan fingerprint density at radius 3 is 2.46 bits per heavy atom. The minimum Gasteiger partial charge on any atom is -0.493 e. The summed E-state index contributed by atoms with van der Waals surface area (Å²) in [6.45, 7) is 2.28. The monoisotopic (exact) mass is 444 g/mol. The standard InChI is InChI=1S/C17H24N4O2.HI/c1-18-17(19-9-12-21-10-4-5-11-21)20-13-14-7-6-8-15(22-2)16(14)23-3;/h4-8,10-11H,9,12-13H2,1-3H3,(H2,18,19,20);1H. The molecule has 0 amide bonds. The van der Waals surface area contributed by atoms with Gasteiger partial charge in [0.25, 0.3) is 0 Å². The van der Waals surface area contributed by atoms with Crippen molar-refractivity contribution in [2.45, 2.75) is 13.1 Å². The van der Waals surface area contributed by atoms with Crippen LogP contribution in [0.3, 0.4) is 0 Å². The van der Waals surface area contributed by atoms with Crippen molar-refractivity contribution in [1.82, 2.24) is 15.2 Å². The molecule has 0 aliphatic heterocycles. The Balaban J connectivity index is 0.00000288. The number of aromatic nitrogens is 1. The molecule has 1 aromatic heterocycles. The third-order valence-electron chi connectivity index (χ3n) is 3.48. The third kappa shape index (κ3) is 5.63. The van der Waals surface area contributed by atoms with Crippen LogP contribution in [0.2, 0.25) is 0 Å². The predicted octanol–water partition coefficient (Wildman–Crippen LogP) is 2.49. The molecule has 7 heteroatoms. The van der Waals surface area contributed by atoms with Crippen molar-refractivity contribution in [1.29, 1.82) is 0 Å². The van der Waals surface area contributed by atoms with E-state index in [0.29, 0.717) is 6.54 Å². The normalized spacial score (nSPS) is 10.7. The average molecular weight is 444 g/mol. The summed E-state index contributed by atoms with van der Waals surface area (Å²) < 4.78 is 12.9. The zero-order valence-electron chi connectivity index (χ0n) is 14.3. The van der Waals surface area contributed by atoms with Gasteiger partial charge in [0.15, 0.2) is 17.5 Å². The Bertz CT molecular complexity index is 630. The number of nitrogens with one attached hydrogen (secondary N) is 2. The molecule has 0 spiro atoms. The fourth-order valence-electron chi connectivity index (χ4n) is 2.32. The molecule has 0 saturated heterocycles. The highest BCUT2D eigenvalue weighted by Crippen LogP contribution is 2.30. The van der Waals surface area contributed by atoms with Gasteiger partial charge in [-0.05, 0) is 18.2 Å². The predicted molar refractivity (Wildman–Crippen MR) is 108 cm³/mol. The van der Waals surface area contributed by atoms with Gasteiger partial charge in [-0.3, -0.25) is 4.99 Å². The van der Waals surface area contributed by atoms with E-state index in [1.807, 2.05) is 42.7 Å². The molecule has 2 aromatic rings. The lowest BCUT2D eigenvalue weighted by atomic mass is 10.2. The van der Waals surface area contributed by atoms with Gasteiger partial charge in [-0.1, -0.05) is 12.1 Å². The number of benzene rings is 1. The van der Waals surface area contributed by atoms with Crippen molar-refractivity contribution in [2.24, 2.45) is 4.99 Å². The lowest BCUT2D eigenvalue weighted by Crippen LogP contribution is -2.38. The molecule has 0 unspecified atom stereocenters. The first-order chi connectivity index (χ1) is 11.3. The molecule has 0 bridgehead atoms. The largest absolute Gasteiger partial charge is 0.493 e. The van der Waals surface area contributed by atoms with Crippen molar-refractivity contribution in [3.05, 3.63) is 48.3 Å². The van der Waals surface area contributed by atoms with Gasteiger partial charge in [-0.2, -0.15) is 0 Å². The maximum absolute atomic E-state index is 5.43. The zero-order chi connectivity index (χ0) is 16.5. The number of rotatable bonds is 7. The molecule has 0 saturated carbocycles. The summed E-state index contributed by atoms with van der Waals surface area (Å²) in [5.74, 6) is 2.22. The molecular formula is C17H25IN4O2. The third-order valence-corrected chi connectivity index (χ3v) is 3.48. The number of hydrogen-bond acceptors (Lipinski definition) is 3. The van der Waals surface area contributed by atoms with E-state index in [9.17, 15) is 0 Å². The van der Waals surface area contributed by atoms with Crippen molar-refractivity contribution < 1.29 is 9.47 Å². The van der Waals surface area contributed by atoms with Crippen LogP contribution in [0.4, 0.5) is 0 Å². The quantitative estimate of drug-likeness (QED) is 0.392. The highest BCUT2D eigenvalue weighted by molar-refractivity contribution is 14.0. The topological polar surface area (TPSA) is 59.8 Å². The first-order valence-electron chi connectivity index (χ1n) is 7.53. The van der Waals surface area contributed by atoms with Crippen LogP contribution in [-0.2, 0) is 13.1 Å². The molecular weight excluding hydrogens is 419 g/mol. The second-order valence-electron chi connectivity index (χ2n) is 4.93. The summed E-state index contributed by atoms with van der Waals surface area (Å²) in [7, 11) is 5.04. The van der Waals surface area contributed by atoms with Crippen LogP contribution in [0.5, 0.6) is 11.5 Å². The molecule has 0 radical (unpaired) electrons. The van der Waals surface area contributed by atoms with Crippen molar-refractivity contribution in [2.75, 3.05) is 27.8 Å². The summed E-state index contributed by atoms with van der Waals surface area (Å²) in [6.07, 6.45) is 4.08. The summed E-state index contributed by atoms with van der Waals surface area (Å²) in [4.78, 5) is 4.23. The Morgan fingerprint density at radius 2 is 1.83 bits per heavy atom. The van der Waals surface area contributed by atoms with Crippen LogP contribution >= 0.6 is 24.0 Å². The molecule has 0 aliphatic rings. The van der Waals surface area contributed by atoms with Crippen LogP contribution in [-0.4, -0.2) is 38.3 Å². The highest BCUT2D eigenvalue weighted by Gasteiger charge is 2.09. The minimum atomic E-state index is 0. The minimum absolute atomic E-state index is 0. The van der Waals surface area contributed by atoms with E-state index in [2.05, 4.69) is 20.2 Å². The maximum atomic E-state index is 5.43. The Kier molecular flexibility index (Phi) is 9.06. The fraction of sp³-hybridized carbons (Fsp3) is 0.353. The van der Waals surface area contributed by atoms with Gasteiger partial charge in [-0.25, -0.2) is 0 Å². The van der Waals surface area contributed by atoms with E-state index < -0.39 is 0 Å². The zero-order valence-corrected chi connectivity index (χ0v) is 16.6. The lowest BCUT2D eigenvalue weighted by Gasteiger charge is -2.15. The fourth-order valence-corrected chi connectivity index (χ4v) is 2.32. The molecule has 2 N–H and O–H groups in total. The number of ether oxygens (including phenoxy) is 2. The van der Waals surface area contributed by atoms with Gasteiger partial charge in [0.05, 0.1) is 14.2 Å². The summed E-state index contributed by atoms with van der Waals surface area (Å²) in [6, 6.07) is 9.86. The summed E-state index contributed by atoms with van der Waals surface area (Å²) >= 11 is 0. The van der Waals surface area contributed by atoms with E-state index >= 15 is 0 Å². The van der Waals surface area contributed by atoms with E-state index in [1.165, 1.54) is 0 Å². The molecule has 132 valence electrons. The SMILES string of the molecule is CN=C(NCCn1cccc1)NCc1cccc(OC)c1OC.I. The number of hydrogen-bond donors (Lipinski definition) is 2. The van der Waals surface area contributed by atoms with Gasteiger partial charge >= 0.3 is 0 Å². The van der Waals surface area contributed by atoms with Gasteiger partial charge in [-0.15, -0.1) is 24.0 Å². The second-order valence-corrected chi connectivity index (χ2v) is 4.93. The van der Waals surface area contributed by atoms with Crippen molar-refractivity contribution >= 4 is 29.9 Å². The smallest absolute Gasteiger partial charge is 0.191 e. The number of aliphatic imine (C=N–C) groups is 1. The molecule has 24 heavy (non-hydrogen) atoms. The van der Waals surface area contributed by atoms with E-state index in [0.717, 1.165) is 36.1 Å². The van der Waals surface area contributed by atoms with E-state index in [4.69, 9.17) is 9.47 Å². The molecule has 2 rings (SSSR count). The lowest BCUT2D eigenvalue weighted by molar-refractivity contribution is 0.351. The number of nitrogens with zero attached hydrogens (tertiary/aromatic N) is 2. The first kappa shape index (κ1) is 20.1. The van der Waals surface area contributed by atoms with E-state index in [-0.39, 0.29) is 24.0 Å². The van der Waals surface area contributed by atoms with Crippen LogP contribution in [0.15, 0.2) is 47.7 Å². The van der Waals surface area contributed by atoms with Gasteiger partial charge < -0.3 is 24.7 Å². The van der Waals surface area contributed by atoms with Crippen LogP contribution < -0.4 is 20.1 Å². The van der Waals surface area contributed by atoms with Gasteiger partial charge in [0.1, 0.15) is 0 Å². The Hall–Kier alpha value is -1.90. The van der Waals surface area contributed by atoms with Gasteiger partial charge in [0.2, 0.25) is 0 Å². The number of para-hydroxylation sites is 1. The molecule has 0 fully saturated rings. The first-order valence-corrected chi connectivity index (χ1v) is 7.53. The van der Waals surface area contributed by atoms with E-state index in [1.54, 1.807) is 21.3 Å². The van der Waals surface area contributed by atoms with Crippen LogP contribution in [0.1, 0.15) is 5.56 Å². The summed E-state index contributed by atoms with van der Waals surface area (Å²) in [5, 5.41) is 6.58. The van der Waals surface area contributed by atoms with Crippen LogP contribution in [0, 0.1) is 0 Å². The average Bonchev–Trinajstić information content (AvgIpc) is 3.10. The highest BCUT2D eigenvalue weighted by atomic mass is 127. The Morgan fingerprint density at radius 1 is 1.08 bits per heavy atom. The molecule has 1 heterocycles. The van der Waals surface area contributed by atoms with Crippen molar-refractivity contribution in [3.8, 4) is 11.5 Å². The van der Waals surface area contributed by atoms with Crippen LogP contribution in [0.25, 0.3) is 0 Å². The summed E-state index contributed by atoms with van der Waals surface area (Å²) in [5.41, 5.74) is 1.01. The number of halogens is 1. The molecule has 6 nitrogen and oxygen atoms in total. The van der Waals surface area contributed by atoms with Crippen molar-refractivity contribution in [3.63, 3.8) is 0 Å². The van der Waals surface area contributed by atoms with Gasteiger partial charge in [0, 0.05) is 44.6 Å². The second kappa shape index (κ2) is 10.8. The Labute approximate surface area is 160 Å². The maximum Gasteiger partial charge on any atom is 0.191 e.